The predicted octanol–water partition coefficient (Wildman–Crippen LogP) is 0.610. The standard InChI is InChI=1S/C12H17N3O2/c1-8-7-15(9(2)5-14-8)12(17)10-3-4-13-6-11(10)16/h3-4,6,8-9,14,16H,5,7H2,1-2H3. The van der Waals surface area contributed by atoms with Crippen LogP contribution in [0.2, 0.25) is 0 Å². The molecule has 0 aromatic carbocycles. The fraction of sp³-hybridized carbons (Fsp3) is 0.500. The molecule has 1 aliphatic rings. The number of hydrogen-bond donors (Lipinski definition) is 2. The molecule has 0 saturated carbocycles. The van der Waals surface area contributed by atoms with E-state index in [2.05, 4.69) is 10.3 Å². The average molecular weight is 235 g/mol. The second-order valence-electron chi connectivity index (χ2n) is 4.51. The Labute approximate surface area is 100 Å². The number of amides is 1. The first-order valence-electron chi connectivity index (χ1n) is 5.77. The van der Waals surface area contributed by atoms with E-state index in [0.717, 1.165) is 6.54 Å². The van der Waals surface area contributed by atoms with Gasteiger partial charge in [0.05, 0.1) is 11.8 Å². The van der Waals surface area contributed by atoms with Crippen LogP contribution in [0.25, 0.3) is 0 Å². The number of aromatic nitrogens is 1. The first kappa shape index (κ1) is 11.9. The van der Waals surface area contributed by atoms with E-state index in [0.29, 0.717) is 12.1 Å². The maximum absolute atomic E-state index is 12.3. The van der Waals surface area contributed by atoms with Crippen molar-refractivity contribution < 1.29 is 9.90 Å². The van der Waals surface area contributed by atoms with Crippen LogP contribution in [-0.2, 0) is 0 Å². The van der Waals surface area contributed by atoms with E-state index in [1.54, 1.807) is 11.0 Å². The molecule has 0 radical (unpaired) electrons. The zero-order chi connectivity index (χ0) is 12.4. The first-order valence-corrected chi connectivity index (χ1v) is 5.77. The Hall–Kier alpha value is -1.62. The van der Waals surface area contributed by atoms with E-state index in [1.807, 2.05) is 13.8 Å². The Morgan fingerprint density at radius 1 is 1.59 bits per heavy atom. The van der Waals surface area contributed by atoms with Crippen LogP contribution in [0.15, 0.2) is 18.5 Å². The predicted molar refractivity (Wildman–Crippen MR) is 63.9 cm³/mol. The van der Waals surface area contributed by atoms with E-state index in [9.17, 15) is 9.90 Å². The summed E-state index contributed by atoms with van der Waals surface area (Å²) in [5, 5.41) is 13.0. The molecule has 1 amide bonds. The molecule has 92 valence electrons. The van der Waals surface area contributed by atoms with E-state index in [-0.39, 0.29) is 23.7 Å². The van der Waals surface area contributed by atoms with Gasteiger partial charge in [-0.3, -0.25) is 9.78 Å². The number of piperazine rings is 1. The SMILES string of the molecule is CC1CN(C(=O)c2ccncc2O)C(C)CN1. The van der Waals surface area contributed by atoms with Crippen LogP contribution in [0.5, 0.6) is 5.75 Å². The van der Waals surface area contributed by atoms with Crippen LogP contribution in [-0.4, -0.2) is 46.1 Å². The molecule has 2 heterocycles. The highest BCUT2D eigenvalue weighted by Gasteiger charge is 2.28. The maximum atomic E-state index is 12.3. The van der Waals surface area contributed by atoms with Crippen molar-refractivity contribution in [1.29, 1.82) is 0 Å². The molecule has 1 aromatic rings. The van der Waals surface area contributed by atoms with Gasteiger partial charge in [0.2, 0.25) is 0 Å². The van der Waals surface area contributed by atoms with Gasteiger partial charge in [-0.1, -0.05) is 0 Å². The molecular weight excluding hydrogens is 218 g/mol. The van der Waals surface area contributed by atoms with Crippen LogP contribution in [0, 0.1) is 0 Å². The third-order valence-corrected chi connectivity index (χ3v) is 3.06. The molecule has 0 bridgehead atoms. The molecule has 17 heavy (non-hydrogen) atoms. The molecule has 1 aromatic heterocycles. The van der Waals surface area contributed by atoms with E-state index >= 15 is 0 Å². The molecule has 0 spiro atoms. The number of rotatable bonds is 1. The van der Waals surface area contributed by atoms with Gasteiger partial charge >= 0.3 is 0 Å². The van der Waals surface area contributed by atoms with Gasteiger partial charge in [-0.05, 0) is 19.9 Å². The second-order valence-corrected chi connectivity index (χ2v) is 4.51. The summed E-state index contributed by atoms with van der Waals surface area (Å²) in [6, 6.07) is 1.96. The van der Waals surface area contributed by atoms with E-state index < -0.39 is 0 Å². The van der Waals surface area contributed by atoms with Gasteiger partial charge in [0.25, 0.3) is 5.91 Å². The minimum atomic E-state index is -0.134. The fourth-order valence-corrected chi connectivity index (χ4v) is 2.03. The molecule has 0 aliphatic carbocycles. The van der Waals surface area contributed by atoms with Gasteiger partial charge in [-0.2, -0.15) is 0 Å². The lowest BCUT2D eigenvalue weighted by Crippen LogP contribution is -2.56. The Morgan fingerprint density at radius 3 is 3.06 bits per heavy atom. The Bertz CT molecular complexity index is 422. The second kappa shape index (κ2) is 4.71. The van der Waals surface area contributed by atoms with Gasteiger partial charge in [-0.25, -0.2) is 0 Å². The molecule has 1 saturated heterocycles. The molecule has 2 atom stereocenters. The topological polar surface area (TPSA) is 65.5 Å². The van der Waals surface area contributed by atoms with Crippen molar-refractivity contribution >= 4 is 5.91 Å². The number of carbonyl (C=O) groups is 1. The quantitative estimate of drug-likeness (QED) is 0.748. The molecule has 1 fully saturated rings. The van der Waals surface area contributed by atoms with Crippen molar-refractivity contribution in [1.82, 2.24) is 15.2 Å². The minimum absolute atomic E-state index is 0.0594. The highest BCUT2D eigenvalue weighted by molar-refractivity contribution is 5.96. The third-order valence-electron chi connectivity index (χ3n) is 3.06. The highest BCUT2D eigenvalue weighted by atomic mass is 16.3. The Kier molecular flexibility index (Phi) is 3.28. The number of hydrogen-bond acceptors (Lipinski definition) is 4. The lowest BCUT2D eigenvalue weighted by molar-refractivity contribution is 0.0613. The summed E-state index contributed by atoms with van der Waals surface area (Å²) in [5.74, 6) is -0.193. The lowest BCUT2D eigenvalue weighted by Gasteiger charge is -2.37. The van der Waals surface area contributed by atoms with Gasteiger partial charge in [0, 0.05) is 31.4 Å². The molecule has 1 aliphatic heterocycles. The summed E-state index contributed by atoms with van der Waals surface area (Å²) in [5.41, 5.74) is 0.320. The number of nitrogens with one attached hydrogen (secondary N) is 1. The minimum Gasteiger partial charge on any atom is -0.505 e. The van der Waals surface area contributed by atoms with Crippen molar-refractivity contribution in [2.24, 2.45) is 0 Å². The summed E-state index contributed by atoms with van der Waals surface area (Å²) in [6.45, 7) is 5.47. The van der Waals surface area contributed by atoms with Crippen LogP contribution in [0.3, 0.4) is 0 Å². The molecule has 5 nitrogen and oxygen atoms in total. The van der Waals surface area contributed by atoms with Gasteiger partial charge < -0.3 is 15.3 Å². The van der Waals surface area contributed by atoms with Crippen LogP contribution in [0.4, 0.5) is 0 Å². The highest BCUT2D eigenvalue weighted by Crippen LogP contribution is 2.19. The van der Waals surface area contributed by atoms with Crippen molar-refractivity contribution in [3.05, 3.63) is 24.0 Å². The number of aromatic hydroxyl groups is 1. The van der Waals surface area contributed by atoms with E-state index in [1.165, 1.54) is 12.4 Å². The number of nitrogens with zero attached hydrogens (tertiary/aromatic N) is 2. The number of carbonyl (C=O) groups excluding carboxylic acids is 1. The molecule has 5 heteroatoms. The molecular formula is C12H17N3O2. The number of pyridine rings is 1. The average Bonchev–Trinajstić information content (AvgIpc) is 2.32. The van der Waals surface area contributed by atoms with Crippen molar-refractivity contribution in [2.75, 3.05) is 13.1 Å². The summed E-state index contributed by atoms with van der Waals surface area (Å²) < 4.78 is 0. The zero-order valence-electron chi connectivity index (χ0n) is 10.1. The van der Waals surface area contributed by atoms with Crippen LogP contribution >= 0.6 is 0 Å². The molecule has 2 rings (SSSR count). The summed E-state index contributed by atoms with van der Waals surface area (Å²) in [6.07, 6.45) is 2.81. The van der Waals surface area contributed by atoms with Gasteiger partial charge in [0.1, 0.15) is 5.75 Å². The van der Waals surface area contributed by atoms with Gasteiger partial charge in [-0.15, -0.1) is 0 Å². The smallest absolute Gasteiger partial charge is 0.258 e. The maximum Gasteiger partial charge on any atom is 0.258 e. The lowest BCUT2D eigenvalue weighted by atomic mass is 10.1. The van der Waals surface area contributed by atoms with Crippen LogP contribution < -0.4 is 5.32 Å². The third kappa shape index (κ3) is 2.39. The molecule has 2 N–H and O–H groups in total. The Morgan fingerprint density at radius 2 is 2.35 bits per heavy atom. The monoisotopic (exact) mass is 235 g/mol. The fourth-order valence-electron chi connectivity index (χ4n) is 2.03. The van der Waals surface area contributed by atoms with Gasteiger partial charge in [0.15, 0.2) is 0 Å². The van der Waals surface area contributed by atoms with Crippen molar-refractivity contribution in [3.8, 4) is 5.75 Å². The summed E-state index contributed by atoms with van der Waals surface area (Å²) in [7, 11) is 0. The zero-order valence-corrected chi connectivity index (χ0v) is 10.1. The summed E-state index contributed by atoms with van der Waals surface area (Å²) >= 11 is 0. The Balaban J connectivity index is 2.22. The van der Waals surface area contributed by atoms with Crippen molar-refractivity contribution in [3.63, 3.8) is 0 Å². The largest absolute Gasteiger partial charge is 0.505 e. The normalized spacial score (nSPS) is 24.7. The first-order chi connectivity index (χ1) is 8.09. The summed E-state index contributed by atoms with van der Waals surface area (Å²) in [4.78, 5) is 17.8. The van der Waals surface area contributed by atoms with Crippen molar-refractivity contribution in [2.45, 2.75) is 25.9 Å². The van der Waals surface area contributed by atoms with E-state index in [4.69, 9.17) is 0 Å². The van der Waals surface area contributed by atoms with Crippen LogP contribution in [0.1, 0.15) is 24.2 Å². The molecule has 2 unspecified atom stereocenters.